The number of rotatable bonds is 8. The van der Waals surface area contributed by atoms with E-state index < -0.39 is 0 Å². The van der Waals surface area contributed by atoms with Crippen LogP contribution in [0.25, 0.3) is 0 Å². The molecule has 1 amide bonds. The molecule has 1 N–H and O–H groups in total. The molecule has 0 atom stereocenters. The van der Waals surface area contributed by atoms with Gasteiger partial charge >= 0.3 is 0 Å². The minimum absolute atomic E-state index is 0.0719. The van der Waals surface area contributed by atoms with E-state index in [2.05, 4.69) is 10.4 Å². The molecule has 3 rings (SSSR count). The van der Waals surface area contributed by atoms with Crippen molar-refractivity contribution in [2.24, 2.45) is 0 Å². The molecule has 1 heterocycles. The fraction of sp³-hybridized carbons (Fsp3) is 0.238. The van der Waals surface area contributed by atoms with Crippen molar-refractivity contribution in [1.82, 2.24) is 15.1 Å². The molecule has 6 heteroatoms. The van der Waals surface area contributed by atoms with Crippen LogP contribution in [0.3, 0.4) is 0 Å². The lowest BCUT2D eigenvalue weighted by atomic mass is 10.1. The lowest BCUT2D eigenvalue weighted by Crippen LogP contribution is -2.25. The van der Waals surface area contributed by atoms with Gasteiger partial charge in [0.15, 0.2) is 0 Å². The maximum absolute atomic E-state index is 12.2. The second-order valence-corrected chi connectivity index (χ2v) is 6.68. The van der Waals surface area contributed by atoms with Crippen LogP contribution in [-0.4, -0.2) is 22.2 Å². The summed E-state index contributed by atoms with van der Waals surface area (Å²) in [5, 5.41) is 7.85. The van der Waals surface area contributed by atoms with E-state index in [1.807, 2.05) is 54.1 Å². The summed E-state index contributed by atoms with van der Waals surface area (Å²) in [6, 6.07) is 16.6. The van der Waals surface area contributed by atoms with E-state index in [9.17, 15) is 4.79 Å². The molecular weight excluding hydrogens is 362 g/mol. The third-order valence-corrected chi connectivity index (χ3v) is 4.45. The van der Waals surface area contributed by atoms with Gasteiger partial charge in [-0.25, -0.2) is 0 Å². The molecule has 0 spiro atoms. The number of aryl methyl sites for hydroxylation is 2. The summed E-state index contributed by atoms with van der Waals surface area (Å²) >= 11 is 5.86. The van der Waals surface area contributed by atoms with Crippen LogP contribution in [0.4, 0.5) is 0 Å². The predicted molar refractivity (Wildman–Crippen MR) is 106 cm³/mol. The quantitative estimate of drug-likeness (QED) is 0.592. The van der Waals surface area contributed by atoms with Crippen LogP contribution in [0.2, 0.25) is 5.02 Å². The second kappa shape index (κ2) is 9.24. The van der Waals surface area contributed by atoms with E-state index in [0.717, 1.165) is 30.0 Å². The third-order valence-electron chi connectivity index (χ3n) is 4.20. The Morgan fingerprint density at radius 1 is 1.11 bits per heavy atom. The van der Waals surface area contributed by atoms with Gasteiger partial charge in [-0.3, -0.25) is 9.48 Å². The maximum Gasteiger partial charge on any atom is 0.251 e. The van der Waals surface area contributed by atoms with Crippen LogP contribution in [0.5, 0.6) is 5.75 Å². The van der Waals surface area contributed by atoms with Crippen LogP contribution >= 0.6 is 11.6 Å². The van der Waals surface area contributed by atoms with Gasteiger partial charge in [0.2, 0.25) is 0 Å². The molecule has 0 unspecified atom stereocenters. The number of nitrogens with zero attached hydrogens (tertiary/aromatic N) is 2. The average Bonchev–Trinajstić information content (AvgIpc) is 3.10. The van der Waals surface area contributed by atoms with Crippen molar-refractivity contribution in [3.63, 3.8) is 0 Å². The zero-order chi connectivity index (χ0) is 19.1. The minimum Gasteiger partial charge on any atom is -0.489 e. The third kappa shape index (κ3) is 5.59. The monoisotopic (exact) mass is 383 g/mol. The van der Waals surface area contributed by atoms with Gasteiger partial charge in [-0.2, -0.15) is 5.10 Å². The standard InChI is InChI=1S/C21H22ClN3O2/c1-16-11-13-24-25(16)14-2-12-23-21(26)18-5-3-17(4-6-18)15-27-20-9-7-19(22)8-10-20/h3-11,13H,2,12,14-15H2,1H3,(H,23,26). The number of hydrogen-bond donors (Lipinski definition) is 1. The van der Waals surface area contributed by atoms with Crippen molar-refractivity contribution < 1.29 is 9.53 Å². The van der Waals surface area contributed by atoms with Crippen molar-refractivity contribution >= 4 is 17.5 Å². The lowest BCUT2D eigenvalue weighted by molar-refractivity contribution is 0.0952. The van der Waals surface area contributed by atoms with Gasteiger partial charge in [0.25, 0.3) is 5.91 Å². The summed E-state index contributed by atoms with van der Waals surface area (Å²) in [6.45, 7) is 3.86. The molecule has 0 radical (unpaired) electrons. The molecule has 0 saturated carbocycles. The first kappa shape index (κ1) is 19.0. The van der Waals surface area contributed by atoms with E-state index in [4.69, 9.17) is 16.3 Å². The van der Waals surface area contributed by atoms with Crippen LogP contribution in [-0.2, 0) is 13.2 Å². The second-order valence-electron chi connectivity index (χ2n) is 6.24. The molecule has 0 aliphatic carbocycles. The highest BCUT2D eigenvalue weighted by Gasteiger charge is 2.05. The molecule has 0 saturated heterocycles. The van der Waals surface area contributed by atoms with Crippen LogP contribution in [0.1, 0.15) is 28.0 Å². The normalized spacial score (nSPS) is 10.6. The Bertz CT molecular complexity index is 873. The Balaban J connectivity index is 1.42. The number of carbonyl (C=O) groups excluding carboxylic acids is 1. The lowest BCUT2D eigenvalue weighted by Gasteiger charge is -2.09. The first-order valence-corrected chi connectivity index (χ1v) is 9.23. The average molecular weight is 384 g/mol. The zero-order valence-corrected chi connectivity index (χ0v) is 15.9. The van der Waals surface area contributed by atoms with Gasteiger partial charge in [-0.15, -0.1) is 0 Å². The molecule has 5 nitrogen and oxygen atoms in total. The molecule has 27 heavy (non-hydrogen) atoms. The Morgan fingerprint density at radius 3 is 2.52 bits per heavy atom. The molecule has 0 aliphatic rings. The SMILES string of the molecule is Cc1ccnn1CCCNC(=O)c1ccc(COc2ccc(Cl)cc2)cc1. The van der Waals surface area contributed by atoms with Crippen molar-refractivity contribution in [3.05, 3.63) is 82.6 Å². The van der Waals surface area contributed by atoms with E-state index in [1.165, 1.54) is 0 Å². The Morgan fingerprint density at radius 2 is 1.85 bits per heavy atom. The Labute approximate surface area is 163 Å². The molecule has 2 aromatic carbocycles. The number of benzene rings is 2. The number of halogens is 1. The predicted octanol–water partition coefficient (Wildman–Crippen LogP) is 4.24. The van der Waals surface area contributed by atoms with E-state index in [1.54, 1.807) is 18.3 Å². The van der Waals surface area contributed by atoms with Gasteiger partial charge in [-0.05, 0) is 61.4 Å². The van der Waals surface area contributed by atoms with Gasteiger partial charge in [0.1, 0.15) is 12.4 Å². The summed E-state index contributed by atoms with van der Waals surface area (Å²) in [5.74, 6) is 0.686. The fourth-order valence-corrected chi connectivity index (χ4v) is 2.74. The van der Waals surface area contributed by atoms with Crippen LogP contribution < -0.4 is 10.1 Å². The highest BCUT2D eigenvalue weighted by molar-refractivity contribution is 6.30. The number of aromatic nitrogens is 2. The van der Waals surface area contributed by atoms with Crippen LogP contribution in [0.15, 0.2) is 60.8 Å². The smallest absolute Gasteiger partial charge is 0.251 e. The molecule has 0 bridgehead atoms. The highest BCUT2D eigenvalue weighted by Crippen LogP contribution is 2.17. The largest absolute Gasteiger partial charge is 0.489 e. The van der Waals surface area contributed by atoms with Crippen molar-refractivity contribution in [3.8, 4) is 5.75 Å². The Kier molecular flexibility index (Phi) is 6.49. The van der Waals surface area contributed by atoms with E-state index >= 15 is 0 Å². The van der Waals surface area contributed by atoms with Gasteiger partial charge < -0.3 is 10.1 Å². The first-order valence-electron chi connectivity index (χ1n) is 8.86. The molecule has 140 valence electrons. The number of ether oxygens (including phenoxy) is 1. The molecule has 1 aromatic heterocycles. The maximum atomic E-state index is 12.2. The summed E-state index contributed by atoms with van der Waals surface area (Å²) in [5.41, 5.74) is 2.76. The van der Waals surface area contributed by atoms with Crippen molar-refractivity contribution in [2.45, 2.75) is 26.5 Å². The highest BCUT2D eigenvalue weighted by atomic mass is 35.5. The summed E-state index contributed by atoms with van der Waals surface area (Å²) in [4.78, 5) is 12.2. The first-order chi connectivity index (χ1) is 13.1. The molecular formula is C21H22ClN3O2. The van der Waals surface area contributed by atoms with Gasteiger partial charge in [0, 0.05) is 35.6 Å². The van der Waals surface area contributed by atoms with E-state index in [0.29, 0.717) is 23.7 Å². The van der Waals surface area contributed by atoms with Crippen molar-refractivity contribution in [1.29, 1.82) is 0 Å². The molecule has 0 fully saturated rings. The summed E-state index contributed by atoms with van der Waals surface area (Å²) in [6.07, 6.45) is 2.62. The number of hydrogen-bond acceptors (Lipinski definition) is 3. The van der Waals surface area contributed by atoms with Gasteiger partial charge in [0.05, 0.1) is 0 Å². The molecule has 3 aromatic rings. The zero-order valence-electron chi connectivity index (χ0n) is 15.2. The van der Waals surface area contributed by atoms with E-state index in [-0.39, 0.29) is 5.91 Å². The molecule has 0 aliphatic heterocycles. The fourth-order valence-electron chi connectivity index (χ4n) is 2.62. The minimum atomic E-state index is -0.0719. The Hall–Kier alpha value is -2.79. The topological polar surface area (TPSA) is 56.2 Å². The summed E-state index contributed by atoms with van der Waals surface area (Å²) < 4.78 is 7.64. The number of carbonyl (C=O) groups is 1. The number of nitrogens with one attached hydrogen (secondary N) is 1. The summed E-state index contributed by atoms with van der Waals surface area (Å²) in [7, 11) is 0. The van der Waals surface area contributed by atoms with Crippen LogP contribution in [0, 0.1) is 6.92 Å². The van der Waals surface area contributed by atoms with Crippen molar-refractivity contribution in [2.75, 3.05) is 6.54 Å². The number of amides is 1. The van der Waals surface area contributed by atoms with Gasteiger partial charge in [-0.1, -0.05) is 23.7 Å².